The molecule has 6 N–H and O–H groups in total. The number of H-pyrrole nitrogens is 1. The van der Waals surface area contributed by atoms with Crippen molar-refractivity contribution in [2.75, 3.05) is 20.8 Å². The van der Waals surface area contributed by atoms with Crippen LogP contribution in [0.4, 0.5) is 0 Å². The second-order valence-corrected chi connectivity index (χ2v) is 10.9. The predicted octanol–water partition coefficient (Wildman–Crippen LogP) is 1.27. The highest BCUT2D eigenvalue weighted by Gasteiger charge is 2.47. The molecule has 218 valence electrons. The summed E-state index contributed by atoms with van der Waals surface area (Å²) in [5, 5.41) is 54.4. The summed E-state index contributed by atoms with van der Waals surface area (Å²) in [6, 6.07) is 10.4. The molecule has 0 bridgehead atoms. The fourth-order valence-corrected chi connectivity index (χ4v) is 6.67. The van der Waals surface area contributed by atoms with Crippen molar-refractivity contribution in [3.8, 4) is 0 Å². The van der Waals surface area contributed by atoms with Crippen LogP contribution in [-0.4, -0.2) is 97.0 Å². The second-order valence-electron chi connectivity index (χ2n) is 10.9. The van der Waals surface area contributed by atoms with Gasteiger partial charge < -0.3 is 44.6 Å². The van der Waals surface area contributed by atoms with E-state index in [0.29, 0.717) is 54.7 Å². The van der Waals surface area contributed by atoms with Gasteiger partial charge in [0, 0.05) is 41.2 Å². The van der Waals surface area contributed by atoms with E-state index < -0.39 is 49.1 Å². The molecule has 5 aromatic rings. The number of aromatic nitrogens is 2. The van der Waals surface area contributed by atoms with E-state index in [-0.39, 0.29) is 24.3 Å². The molecule has 7 rings (SSSR count). The van der Waals surface area contributed by atoms with Gasteiger partial charge in [0.15, 0.2) is 6.23 Å². The van der Waals surface area contributed by atoms with Gasteiger partial charge in [-0.1, -0.05) is 12.1 Å². The smallest absolute Gasteiger partial charge is 0.262 e. The lowest BCUT2D eigenvalue weighted by molar-refractivity contribution is -0.255. The Morgan fingerprint density at radius 1 is 0.905 bits per heavy atom. The van der Waals surface area contributed by atoms with Crippen molar-refractivity contribution in [2.45, 2.75) is 43.9 Å². The molecule has 3 aromatic carbocycles. The highest BCUT2D eigenvalue weighted by atomic mass is 16.6. The lowest BCUT2D eigenvalue weighted by atomic mass is 9.95. The van der Waals surface area contributed by atoms with E-state index in [1.54, 1.807) is 41.0 Å². The summed E-state index contributed by atoms with van der Waals surface area (Å²) < 4.78 is 13.2. The third-order valence-electron chi connectivity index (χ3n) is 8.69. The number of rotatable bonds is 5. The molecule has 1 unspecified atom stereocenters. The van der Waals surface area contributed by atoms with Crippen LogP contribution in [0, 0.1) is 0 Å². The Bertz CT molecular complexity index is 1940. The minimum atomic E-state index is -1.51. The van der Waals surface area contributed by atoms with Crippen LogP contribution in [-0.2, 0) is 22.7 Å². The van der Waals surface area contributed by atoms with Crippen molar-refractivity contribution in [3.63, 3.8) is 0 Å². The summed E-state index contributed by atoms with van der Waals surface area (Å²) in [4.78, 5) is 31.8. The largest absolute Gasteiger partial charge is 0.394 e. The number of imide groups is 1. The van der Waals surface area contributed by atoms with Crippen LogP contribution >= 0.6 is 0 Å². The number of carbonyl (C=O) groups excluding carboxylic acids is 2. The molecular formula is C30H29N3O9. The van der Waals surface area contributed by atoms with E-state index in [2.05, 4.69) is 4.98 Å². The number of fused-ring (bicyclic) bond motifs is 10. The Balaban J connectivity index is 1.69. The molecule has 1 fully saturated rings. The second kappa shape index (κ2) is 9.57. The van der Waals surface area contributed by atoms with Crippen LogP contribution in [0.15, 0.2) is 36.4 Å². The van der Waals surface area contributed by atoms with Crippen molar-refractivity contribution in [3.05, 3.63) is 58.7 Å². The predicted molar refractivity (Wildman–Crippen MR) is 151 cm³/mol. The van der Waals surface area contributed by atoms with E-state index in [4.69, 9.17) is 9.47 Å². The first-order valence-corrected chi connectivity index (χ1v) is 13.5. The summed E-state index contributed by atoms with van der Waals surface area (Å²) in [5.41, 5.74) is 3.60. The number of hydrogen-bond acceptors (Lipinski definition) is 9. The van der Waals surface area contributed by atoms with E-state index >= 15 is 0 Å². The van der Waals surface area contributed by atoms with E-state index in [1.165, 1.54) is 14.2 Å². The van der Waals surface area contributed by atoms with Gasteiger partial charge >= 0.3 is 0 Å². The molecular weight excluding hydrogens is 546 g/mol. The molecule has 0 radical (unpaired) electrons. The highest BCUT2D eigenvalue weighted by Crippen LogP contribution is 2.47. The lowest BCUT2D eigenvalue weighted by Crippen LogP contribution is -2.57. The summed E-state index contributed by atoms with van der Waals surface area (Å²) in [6.45, 7) is -1.00. The number of amides is 2. The molecule has 2 amide bonds. The molecule has 0 aliphatic carbocycles. The van der Waals surface area contributed by atoms with Crippen LogP contribution in [0.3, 0.4) is 0 Å². The van der Waals surface area contributed by atoms with Gasteiger partial charge in [-0.25, -0.2) is 0 Å². The number of benzene rings is 3. The zero-order chi connectivity index (χ0) is 29.6. The van der Waals surface area contributed by atoms with E-state index in [1.807, 2.05) is 0 Å². The molecule has 2 aromatic heterocycles. The third kappa shape index (κ3) is 3.42. The van der Waals surface area contributed by atoms with Crippen molar-refractivity contribution < 1.29 is 44.6 Å². The normalized spacial score (nSPS) is 24.6. The first-order chi connectivity index (χ1) is 20.2. The molecule has 12 heteroatoms. The number of carbonyl (C=O) groups is 2. The van der Waals surface area contributed by atoms with Gasteiger partial charge in [-0.15, -0.1) is 0 Å². The first kappa shape index (κ1) is 27.0. The van der Waals surface area contributed by atoms with Gasteiger partial charge in [-0.2, -0.15) is 0 Å². The molecule has 4 heterocycles. The number of nitrogens with zero attached hydrogens (tertiary/aromatic N) is 2. The number of ether oxygens (including phenoxy) is 2. The molecule has 0 saturated carbocycles. The average molecular weight is 576 g/mol. The number of aliphatic hydroxyl groups is 5. The fraction of sp³-hybridized carbons (Fsp3) is 0.333. The molecule has 0 spiro atoms. The zero-order valence-electron chi connectivity index (χ0n) is 22.7. The Hall–Kier alpha value is -3.88. The van der Waals surface area contributed by atoms with Crippen molar-refractivity contribution in [2.24, 2.45) is 0 Å². The molecule has 2 aliphatic heterocycles. The zero-order valence-corrected chi connectivity index (χ0v) is 22.7. The van der Waals surface area contributed by atoms with E-state index in [0.717, 1.165) is 4.90 Å². The summed E-state index contributed by atoms with van der Waals surface area (Å²) >= 11 is 0. The molecule has 42 heavy (non-hydrogen) atoms. The van der Waals surface area contributed by atoms with Gasteiger partial charge in [-0.05, 0) is 35.4 Å². The van der Waals surface area contributed by atoms with Crippen LogP contribution in [0.5, 0.6) is 0 Å². The summed E-state index contributed by atoms with van der Waals surface area (Å²) in [7, 11) is 2.76. The third-order valence-corrected chi connectivity index (χ3v) is 8.69. The van der Waals surface area contributed by atoms with Crippen molar-refractivity contribution in [1.82, 2.24) is 14.5 Å². The molecule has 2 aliphatic rings. The number of methoxy groups -OCH3 is 1. The van der Waals surface area contributed by atoms with Gasteiger partial charge in [0.05, 0.1) is 47.5 Å². The SMILES string of the molecule is CO[C@H]1[C@H](O)[C@@H](O)C(n2c3ccc(CO)cc3c3c4c(c5c6cc(CO)ccc6[nH]c5c32)C(=O)N(C)C4=O)O[C@@H]1CO. The van der Waals surface area contributed by atoms with Crippen LogP contribution in [0.2, 0.25) is 0 Å². The molecule has 5 atom stereocenters. The average Bonchev–Trinajstić information content (AvgIpc) is 3.62. The van der Waals surface area contributed by atoms with Gasteiger partial charge in [0.25, 0.3) is 11.8 Å². The van der Waals surface area contributed by atoms with Crippen LogP contribution < -0.4 is 0 Å². The Kier molecular flexibility index (Phi) is 6.15. The Morgan fingerprint density at radius 3 is 2.19 bits per heavy atom. The van der Waals surface area contributed by atoms with E-state index in [9.17, 15) is 35.1 Å². The Labute approximate surface area is 237 Å². The maximum absolute atomic E-state index is 13.8. The fourth-order valence-electron chi connectivity index (χ4n) is 6.67. The first-order valence-electron chi connectivity index (χ1n) is 13.5. The van der Waals surface area contributed by atoms with Crippen molar-refractivity contribution in [1.29, 1.82) is 0 Å². The maximum atomic E-state index is 13.8. The Morgan fingerprint density at radius 2 is 1.55 bits per heavy atom. The van der Waals surface area contributed by atoms with Gasteiger partial charge in [0.1, 0.15) is 24.4 Å². The monoisotopic (exact) mass is 575 g/mol. The number of hydrogen-bond donors (Lipinski definition) is 6. The van der Waals surface area contributed by atoms with Gasteiger partial charge in [0.2, 0.25) is 0 Å². The van der Waals surface area contributed by atoms with Crippen LogP contribution in [0.1, 0.15) is 38.1 Å². The van der Waals surface area contributed by atoms with Crippen LogP contribution in [0.25, 0.3) is 43.6 Å². The van der Waals surface area contributed by atoms with Gasteiger partial charge in [-0.3, -0.25) is 14.5 Å². The summed E-state index contributed by atoms with van der Waals surface area (Å²) in [5.74, 6) is -0.995. The lowest BCUT2D eigenvalue weighted by Gasteiger charge is -2.42. The number of aromatic amines is 1. The molecule has 12 nitrogen and oxygen atoms in total. The van der Waals surface area contributed by atoms with Crippen molar-refractivity contribution >= 4 is 55.4 Å². The summed E-state index contributed by atoms with van der Waals surface area (Å²) in [6.07, 6.45) is -6.17. The quantitative estimate of drug-likeness (QED) is 0.168. The highest BCUT2D eigenvalue weighted by molar-refractivity contribution is 6.39. The minimum Gasteiger partial charge on any atom is -0.394 e. The minimum absolute atomic E-state index is 0.165. The standard InChI is InChI=1S/C30H29N3O9/c1-32-28(39)21-19-14-7-12(9-34)3-5-16(14)31-23(19)24-20(22(21)29(32)40)15-8-13(10-35)4-6-17(15)33(24)30-26(38)25(37)27(41-2)18(11-36)42-30/h3-8,18,25-27,30-31,34-38H,9-11H2,1-2H3/t18-,25-,26-,27-,30?/m1/s1. The number of nitrogens with one attached hydrogen (secondary N) is 1. The maximum Gasteiger partial charge on any atom is 0.262 e. The molecule has 1 saturated heterocycles. The number of aliphatic hydroxyl groups excluding tert-OH is 5. The topological polar surface area (TPSA) is 178 Å².